The maximum atomic E-state index is 13.5. The zero-order valence-electron chi connectivity index (χ0n) is 19.6. The Morgan fingerprint density at radius 3 is 2.35 bits per heavy atom. The van der Waals surface area contributed by atoms with Gasteiger partial charge in [-0.1, -0.05) is 6.42 Å². The number of amides is 1. The minimum atomic E-state index is -3.69. The largest absolute Gasteiger partial charge is 0.497 e. The first kappa shape index (κ1) is 24.3. The lowest BCUT2D eigenvalue weighted by Gasteiger charge is -2.31. The topological polar surface area (TPSA) is 97.4 Å². The number of nitrogens with one attached hydrogen (secondary N) is 1. The standard InChI is InChI=1S/C24H31N3O6S/c1-31-18-6-8-21(23(16-18)32-2)25-24(28)20-17-19(34(29,30)27-10-4-3-5-11-27)7-9-22(20)26-12-14-33-15-13-26/h6-9,16-17H,3-5,10-15H2,1-2H3,(H,25,28). The summed E-state index contributed by atoms with van der Waals surface area (Å²) in [6.45, 7) is 3.31. The van der Waals surface area contributed by atoms with E-state index in [1.807, 2.05) is 4.90 Å². The molecule has 2 heterocycles. The van der Waals surface area contributed by atoms with E-state index < -0.39 is 15.9 Å². The molecule has 2 aromatic rings. The molecule has 1 N–H and O–H groups in total. The average Bonchev–Trinajstić information content (AvgIpc) is 2.89. The van der Waals surface area contributed by atoms with Crippen LogP contribution >= 0.6 is 0 Å². The monoisotopic (exact) mass is 489 g/mol. The van der Waals surface area contributed by atoms with Gasteiger partial charge < -0.3 is 24.4 Å². The second-order valence-corrected chi connectivity index (χ2v) is 10.2. The van der Waals surface area contributed by atoms with E-state index in [0.29, 0.717) is 62.3 Å². The smallest absolute Gasteiger partial charge is 0.257 e. The van der Waals surface area contributed by atoms with Gasteiger partial charge in [0.05, 0.1) is 43.6 Å². The van der Waals surface area contributed by atoms with Gasteiger partial charge in [-0.2, -0.15) is 4.31 Å². The van der Waals surface area contributed by atoms with Crippen LogP contribution in [0.2, 0.25) is 0 Å². The molecule has 2 aliphatic heterocycles. The minimum Gasteiger partial charge on any atom is -0.497 e. The van der Waals surface area contributed by atoms with Crippen LogP contribution < -0.4 is 19.7 Å². The highest BCUT2D eigenvalue weighted by Crippen LogP contribution is 2.32. The fourth-order valence-corrected chi connectivity index (χ4v) is 5.83. The lowest BCUT2D eigenvalue weighted by Crippen LogP contribution is -2.38. The number of rotatable bonds is 7. The van der Waals surface area contributed by atoms with Crippen molar-refractivity contribution in [1.82, 2.24) is 4.31 Å². The van der Waals surface area contributed by atoms with Crippen molar-refractivity contribution in [2.75, 3.05) is 63.8 Å². The molecule has 0 atom stereocenters. The first-order valence-corrected chi connectivity index (χ1v) is 12.9. The fraction of sp³-hybridized carbons (Fsp3) is 0.458. The summed E-state index contributed by atoms with van der Waals surface area (Å²) in [5.41, 5.74) is 1.43. The molecule has 2 saturated heterocycles. The highest BCUT2D eigenvalue weighted by atomic mass is 32.2. The molecule has 1 amide bonds. The summed E-state index contributed by atoms with van der Waals surface area (Å²) < 4.78 is 44.2. The van der Waals surface area contributed by atoms with Gasteiger partial charge in [0.1, 0.15) is 11.5 Å². The molecule has 0 aliphatic carbocycles. The van der Waals surface area contributed by atoms with Gasteiger partial charge in [-0.3, -0.25) is 4.79 Å². The molecule has 0 radical (unpaired) electrons. The number of benzene rings is 2. The van der Waals surface area contributed by atoms with Crippen molar-refractivity contribution < 1.29 is 27.4 Å². The third-order valence-corrected chi connectivity index (χ3v) is 8.07. The van der Waals surface area contributed by atoms with Gasteiger partial charge in [0.15, 0.2) is 0 Å². The molecule has 34 heavy (non-hydrogen) atoms. The minimum absolute atomic E-state index is 0.123. The van der Waals surface area contributed by atoms with E-state index in [1.54, 1.807) is 37.4 Å². The number of carbonyl (C=O) groups excluding carboxylic acids is 1. The van der Waals surface area contributed by atoms with Gasteiger partial charge in [0.2, 0.25) is 10.0 Å². The molecule has 2 fully saturated rings. The van der Waals surface area contributed by atoms with E-state index in [4.69, 9.17) is 14.2 Å². The molecule has 184 valence electrons. The van der Waals surface area contributed by atoms with Gasteiger partial charge in [0, 0.05) is 37.9 Å². The zero-order chi connectivity index (χ0) is 24.1. The SMILES string of the molecule is COc1ccc(NC(=O)c2cc(S(=O)(=O)N3CCCCC3)ccc2N2CCOCC2)c(OC)c1. The third kappa shape index (κ3) is 5.13. The molecular formula is C24H31N3O6S. The van der Waals surface area contributed by atoms with Crippen molar-refractivity contribution in [3.05, 3.63) is 42.0 Å². The van der Waals surface area contributed by atoms with Crippen LogP contribution in [-0.4, -0.2) is 72.2 Å². The predicted octanol–water partition coefficient (Wildman–Crippen LogP) is 2.97. The van der Waals surface area contributed by atoms with E-state index in [0.717, 1.165) is 19.3 Å². The Hall–Kier alpha value is -2.82. The normalized spacial score (nSPS) is 17.3. The summed E-state index contributed by atoms with van der Waals surface area (Å²) >= 11 is 0. The Morgan fingerprint density at radius 1 is 0.941 bits per heavy atom. The highest BCUT2D eigenvalue weighted by molar-refractivity contribution is 7.89. The number of methoxy groups -OCH3 is 2. The number of hydrogen-bond donors (Lipinski definition) is 1. The molecule has 10 heteroatoms. The quantitative estimate of drug-likeness (QED) is 0.639. The molecule has 9 nitrogen and oxygen atoms in total. The predicted molar refractivity (Wildman–Crippen MR) is 130 cm³/mol. The van der Waals surface area contributed by atoms with E-state index in [-0.39, 0.29) is 10.5 Å². The van der Waals surface area contributed by atoms with Crippen molar-refractivity contribution in [1.29, 1.82) is 0 Å². The van der Waals surface area contributed by atoms with Gasteiger partial charge in [0.25, 0.3) is 5.91 Å². The van der Waals surface area contributed by atoms with E-state index in [1.165, 1.54) is 17.5 Å². The first-order chi connectivity index (χ1) is 16.4. The summed E-state index contributed by atoms with van der Waals surface area (Å²) in [7, 11) is -0.630. The highest BCUT2D eigenvalue weighted by Gasteiger charge is 2.29. The van der Waals surface area contributed by atoms with Crippen LogP contribution in [0.15, 0.2) is 41.3 Å². The number of anilines is 2. The molecule has 0 bridgehead atoms. The van der Waals surface area contributed by atoms with Crippen LogP contribution in [0.5, 0.6) is 11.5 Å². The Balaban J connectivity index is 1.70. The van der Waals surface area contributed by atoms with Gasteiger partial charge in [-0.15, -0.1) is 0 Å². The van der Waals surface area contributed by atoms with Crippen LogP contribution in [0.25, 0.3) is 0 Å². The second-order valence-electron chi connectivity index (χ2n) is 8.26. The lowest BCUT2D eigenvalue weighted by atomic mass is 10.1. The van der Waals surface area contributed by atoms with Crippen LogP contribution in [0, 0.1) is 0 Å². The zero-order valence-corrected chi connectivity index (χ0v) is 20.4. The van der Waals surface area contributed by atoms with Crippen molar-refractivity contribution in [2.24, 2.45) is 0 Å². The van der Waals surface area contributed by atoms with Crippen LogP contribution in [0.3, 0.4) is 0 Å². The molecule has 0 saturated carbocycles. The molecular weight excluding hydrogens is 458 g/mol. The molecule has 4 rings (SSSR count). The third-order valence-electron chi connectivity index (χ3n) is 6.17. The second kappa shape index (κ2) is 10.6. The number of hydrogen-bond acceptors (Lipinski definition) is 7. The molecule has 0 aromatic heterocycles. The summed E-state index contributed by atoms with van der Waals surface area (Å²) in [5, 5.41) is 2.88. The Morgan fingerprint density at radius 2 is 1.68 bits per heavy atom. The van der Waals surface area contributed by atoms with Crippen LogP contribution in [0.1, 0.15) is 29.6 Å². The first-order valence-electron chi connectivity index (χ1n) is 11.4. The Labute approximate surface area is 200 Å². The number of piperidine rings is 1. The molecule has 2 aliphatic rings. The summed E-state index contributed by atoms with van der Waals surface area (Å²) in [6.07, 6.45) is 2.71. The molecule has 0 spiro atoms. The maximum Gasteiger partial charge on any atom is 0.257 e. The summed E-state index contributed by atoms with van der Waals surface area (Å²) in [4.78, 5) is 15.7. The van der Waals surface area contributed by atoms with Crippen molar-refractivity contribution in [3.8, 4) is 11.5 Å². The van der Waals surface area contributed by atoms with Crippen LogP contribution in [-0.2, 0) is 14.8 Å². The lowest BCUT2D eigenvalue weighted by molar-refractivity contribution is 0.102. The van der Waals surface area contributed by atoms with Gasteiger partial charge >= 0.3 is 0 Å². The summed E-state index contributed by atoms with van der Waals surface area (Å²) in [6, 6.07) is 9.90. The number of nitrogens with zero attached hydrogens (tertiary/aromatic N) is 2. The van der Waals surface area contributed by atoms with Gasteiger partial charge in [-0.25, -0.2) is 8.42 Å². The van der Waals surface area contributed by atoms with Gasteiger partial charge in [-0.05, 0) is 43.2 Å². The molecule has 0 unspecified atom stereocenters. The summed E-state index contributed by atoms with van der Waals surface area (Å²) in [5.74, 6) is 0.622. The molecule has 2 aromatic carbocycles. The number of ether oxygens (including phenoxy) is 3. The van der Waals surface area contributed by atoms with E-state index >= 15 is 0 Å². The van der Waals surface area contributed by atoms with Crippen molar-refractivity contribution in [2.45, 2.75) is 24.2 Å². The number of carbonyl (C=O) groups is 1. The van der Waals surface area contributed by atoms with Crippen molar-refractivity contribution >= 4 is 27.3 Å². The Bertz CT molecular complexity index is 1130. The number of sulfonamides is 1. The van der Waals surface area contributed by atoms with E-state index in [9.17, 15) is 13.2 Å². The number of morpholine rings is 1. The van der Waals surface area contributed by atoms with Crippen LogP contribution in [0.4, 0.5) is 11.4 Å². The van der Waals surface area contributed by atoms with Crippen molar-refractivity contribution in [3.63, 3.8) is 0 Å². The van der Waals surface area contributed by atoms with E-state index in [2.05, 4.69) is 5.32 Å². The fourth-order valence-electron chi connectivity index (χ4n) is 4.28. The maximum absolute atomic E-state index is 13.5. The Kier molecular flexibility index (Phi) is 7.60. The average molecular weight is 490 g/mol.